The maximum Gasteiger partial charge on any atom is 0.337 e. The molecule has 4 aliphatic heterocycles. The van der Waals surface area contributed by atoms with Gasteiger partial charge in [0.1, 0.15) is 24.4 Å². The summed E-state index contributed by atoms with van der Waals surface area (Å²) in [5, 5.41) is 53.1. The predicted octanol–water partition coefficient (Wildman–Crippen LogP) is -0.706. The normalized spacial score (nSPS) is 38.6. The second kappa shape index (κ2) is 10.5. The molecule has 2 saturated heterocycles. The number of rotatable bonds is 4. The van der Waals surface area contributed by atoms with E-state index in [2.05, 4.69) is 16.0 Å². The van der Waals surface area contributed by atoms with Crippen LogP contribution in [0.1, 0.15) is 23.7 Å². The lowest BCUT2D eigenvalue weighted by molar-refractivity contribution is -0.345. The van der Waals surface area contributed by atoms with Crippen LogP contribution in [0.4, 0.5) is 0 Å². The van der Waals surface area contributed by atoms with Gasteiger partial charge in [-0.05, 0) is 24.5 Å². The van der Waals surface area contributed by atoms with Crippen molar-refractivity contribution in [1.82, 2.24) is 9.88 Å². The van der Waals surface area contributed by atoms with Crippen LogP contribution in [0.2, 0.25) is 0 Å². The van der Waals surface area contributed by atoms with Gasteiger partial charge in [-0.15, -0.1) is 0 Å². The molecule has 0 radical (unpaired) electrons. The molecule has 0 amide bonds. The third-order valence-electron chi connectivity index (χ3n) is 8.66. The van der Waals surface area contributed by atoms with Gasteiger partial charge in [-0.25, -0.2) is 4.79 Å². The van der Waals surface area contributed by atoms with Crippen molar-refractivity contribution in [3.8, 4) is 0 Å². The van der Waals surface area contributed by atoms with Crippen LogP contribution in [0.15, 0.2) is 36.1 Å². The number of hydrogen-bond acceptors (Lipinski definition) is 11. The molecule has 0 aliphatic carbocycles. The van der Waals surface area contributed by atoms with Crippen LogP contribution in [0.25, 0.3) is 10.9 Å². The molecule has 6 N–H and O–H groups in total. The number of methoxy groups -OCH3 is 1. The van der Waals surface area contributed by atoms with E-state index in [0.717, 1.165) is 23.0 Å². The lowest BCUT2D eigenvalue weighted by Crippen LogP contribution is -2.60. The molecular weight excluding hydrogens is 512 g/mol. The summed E-state index contributed by atoms with van der Waals surface area (Å²) in [6.45, 7) is 0.389. The molecule has 12 nitrogen and oxygen atoms in total. The first-order valence-electron chi connectivity index (χ1n) is 13.2. The smallest absolute Gasteiger partial charge is 0.337 e. The van der Waals surface area contributed by atoms with Crippen molar-refractivity contribution >= 4 is 16.9 Å². The number of nitrogens with zero attached hydrogens (tertiary/aromatic N) is 1. The van der Waals surface area contributed by atoms with Crippen LogP contribution >= 0.6 is 0 Å². The monoisotopic (exact) mass is 546 g/mol. The average Bonchev–Trinajstić information content (AvgIpc) is 3.25. The first-order valence-corrected chi connectivity index (χ1v) is 13.2. The number of carbonyl (C=O) groups excluding carboxylic acids is 1. The second-order valence-corrected chi connectivity index (χ2v) is 10.7. The van der Waals surface area contributed by atoms with Crippen molar-refractivity contribution < 1.29 is 49.3 Å². The molecule has 5 unspecified atom stereocenters. The van der Waals surface area contributed by atoms with Crippen LogP contribution in [-0.2, 0) is 30.2 Å². The Morgan fingerprint density at radius 3 is 2.69 bits per heavy atom. The van der Waals surface area contributed by atoms with Crippen LogP contribution in [0.5, 0.6) is 0 Å². The lowest BCUT2D eigenvalue weighted by Gasteiger charge is -2.44. The van der Waals surface area contributed by atoms with Gasteiger partial charge in [0.15, 0.2) is 6.29 Å². The Morgan fingerprint density at radius 2 is 1.92 bits per heavy atom. The summed E-state index contributed by atoms with van der Waals surface area (Å²) in [6, 6.07) is 7.99. The van der Waals surface area contributed by atoms with Crippen molar-refractivity contribution in [3.05, 3.63) is 47.4 Å². The highest BCUT2D eigenvalue weighted by Crippen LogP contribution is 2.47. The van der Waals surface area contributed by atoms with E-state index in [0.29, 0.717) is 13.0 Å². The van der Waals surface area contributed by atoms with E-state index in [1.54, 1.807) is 0 Å². The van der Waals surface area contributed by atoms with Crippen molar-refractivity contribution in [3.63, 3.8) is 0 Å². The third kappa shape index (κ3) is 4.45. The summed E-state index contributed by atoms with van der Waals surface area (Å²) in [6.07, 6.45) is -7.06. The summed E-state index contributed by atoms with van der Waals surface area (Å²) in [7, 11) is 1.28. The van der Waals surface area contributed by atoms with Crippen molar-refractivity contribution in [2.75, 3.05) is 26.8 Å². The Kier molecular flexibility index (Phi) is 7.14. The summed E-state index contributed by atoms with van der Waals surface area (Å²) >= 11 is 0. The maximum absolute atomic E-state index is 12.8. The molecule has 0 bridgehead atoms. The molecule has 2 fully saturated rings. The maximum atomic E-state index is 12.8. The SMILES string of the molecule is COC(=O)C1=COC(O[C@@H]2O[C@H](CO)[C@@H](O)[C@H](O)[C@H]2O)C2C(O)CN3CCc4c([nH]c5ccccc45)C3CC12. The Bertz CT molecular complexity index is 1250. The van der Waals surface area contributed by atoms with Crippen LogP contribution in [0, 0.1) is 11.8 Å². The minimum atomic E-state index is -1.64. The number of aromatic nitrogens is 1. The molecule has 39 heavy (non-hydrogen) atoms. The zero-order valence-corrected chi connectivity index (χ0v) is 21.4. The molecule has 4 aliphatic rings. The highest BCUT2D eigenvalue weighted by atomic mass is 16.8. The molecule has 6 rings (SSSR count). The number of para-hydroxylation sites is 1. The number of aliphatic hydroxyl groups excluding tert-OH is 5. The standard InChI is InChI=1S/C27H34N2O10/c1-36-25(35)15-11-37-26(39-27-24(34)23(33)22(32)19(10-30)38-27)20-14(15)8-17-21-13(6-7-29(17)9-18(20)31)12-4-2-3-5-16(12)28-21/h2-5,11,14,17-20,22-24,26-28,30-34H,6-10H2,1H3/t14?,17?,18?,19-,20?,22-,23+,24-,26?,27+/m1/s1. The average molecular weight is 547 g/mol. The molecule has 2 aromatic rings. The van der Waals surface area contributed by atoms with Gasteiger partial charge in [0.05, 0.1) is 43.6 Å². The third-order valence-corrected chi connectivity index (χ3v) is 8.66. The van der Waals surface area contributed by atoms with Gasteiger partial charge in [-0.1, -0.05) is 18.2 Å². The number of hydrogen-bond donors (Lipinski definition) is 6. The number of esters is 1. The lowest BCUT2D eigenvalue weighted by atomic mass is 9.77. The van der Waals surface area contributed by atoms with Gasteiger partial charge in [0.25, 0.3) is 0 Å². The largest absolute Gasteiger partial charge is 0.471 e. The van der Waals surface area contributed by atoms with Crippen molar-refractivity contribution in [1.29, 1.82) is 0 Å². The van der Waals surface area contributed by atoms with E-state index in [1.165, 1.54) is 18.9 Å². The fourth-order valence-electron chi connectivity index (χ4n) is 6.66. The zero-order valence-electron chi connectivity index (χ0n) is 21.4. The van der Waals surface area contributed by atoms with Crippen LogP contribution in [0.3, 0.4) is 0 Å². The first kappa shape index (κ1) is 26.7. The highest BCUT2D eigenvalue weighted by Gasteiger charge is 2.52. The molecule has 12 heteroatoms. The molecule has 0 saturated carbocycles. The quantitative estimate of drug-likeness (QED) is 0.268. The molecule has 212 valence electrons. The van der Waals surface area contributed by atoms with E-state index in [1.807, 2.05) is 18.2 Å². The van der Waals surface area contributed by atoms with E-state index in [9.17, 15) is 30.3 Å². The van der Waals surface area contributed by atoms with E-state index in [4.69, 9.17) is 18.9 Å². The number of aliphatic hydroxyl groups is 5. The van der Waals surface area contributed by atoms with Crippen molar-refractivity contribution in [2.45, 2.75) is 62.0 Å². The first-order chi connectivity index (χ1) is 18.8. The number of ether oxygens (including phenoxy) is 4. The molecular formula is C27H34N2O10. The molecule has 0 spiro atoms. The van der Waals surface area contributed by atoms with E-state index < -0.39 is 67.5 Å². The summed E-state index contributed by atoms with van der Waals surface area (Å²) < 4.78 is 22.3. The molecule has 1 aromatic carbocycles. The summed E-state index contributed by atoms with van der Waals surface area (Å²) in [5.74, 6) is -1.87. The van der Waals surface area contributed by atoms with Crippen molar-refractivity contribution in [2.24, 2.45) is 11.8 Å². The number of fused-ring (bicyclic) bond motifs is 6. The van der Waals surface area contributed by atoms with Gasteiger partial charge in [0, 0.05) is 35.6 Å². The molecule has 5 heterocycles. The Labute approximate surface area is 224 Å². The van der Waals surface area contributed by atoms with Gasteiger partial charge >= 0.3 is 5.97 Å². The number of benzene rings is 1. The predicted molar refractivity (Wildman–Crippen MR) is 134 cm³/mol. The van der Waals surface area contributed by atoms with Crippen LogP contribution < -0.4 is 0 Å². The van der Waals surface area contributed by atoms with Gasteiger partial charge in [0.2, 0.25) is 6.29 Å². The Hall–Kier alpha value is -2.55. The number of carbonyl (C=O) groups is 1. The summed E-state index contributed by atoms with van der Waals surface area (Å²) in [4.78, 5) is 18.6. The Morgan fingerprint density at radius 1 is 1.13 bits per heavy atom. The molecule has 1 aromatic heterocycles. The van der Waals surface area contributed by atoms with Crippen LogP contribution in [-0.4, -0.2) is 111 Å². The Balaban J connectivity index is 1.34. The second-order valence-electron chi connectivity index (χ2n) is 10.7. The fourth-order valence-corrected chi connectivity index (χ4v) is 6.66. The van der Waals surface area contributed by atoms with Gasteiger partial charge in [-0.3, -0.25) is 4.90 Å². The topological polar surface area (TPSA) is 174 Å². The minimum absolute atomic E-state index is 0.120. The zero-order chi connectivity index (χ0) is 27.4. The summed E-state index contributed by atoms with van der Waals surface area (Å²) in [5.41, 5.74) is 3.58. The van der Waals surface area contributed by atoms with Gasteiger partial charge < -0.3 is 49.5 Å². The number of nitrogens with one attached hydrogen (secondary N) is 1. The highest BCUT2D eigenvalue weighted by molar-refractivity contribution is 5.89. The number of aromatic amines is 1. The fraction of sp³-hybridized carbons (Fsp3) is 0.593. The van der Waals surface area contributed by atoms with E-state index in [-0.39, 0.29) is 18.2 Å². The number of H-pyrrole nitrogens is 1. The minimum Gasteiger partial charge on any atom is -0.471 e. The van der Waals surface area contributed by atoms with Gasteiger partial charge in [-0.2, -0.15) is 0 Å². The van der Waals surface area contributed by atoms with E-state index >= 15 is 0 Å². The molecule has 10 atom stereocenters.